The Bertz CT molecular complexity index is 420. The molecule has 1 N–H and O–H groups in total. The Morgan fingerprint density at radius 3 is 2.65 bits per heavy atom. The van der Waals surface area contributed by atoms with Crippen LogP contribution in [0.5, 0.6) is 0 Å². The minimum Gasteiger partial charge on any atom is -0.390 e. The van der Waals surface area contributed by atoms with Crippen molar-refractivity contribution in [1.82, 2.24) is 0 Å². The number of unbranched alkanes of at least 4 members (excludes halogenated alkanes) is 2. The normalized spacial score (nSPS) is 25.6. The first-order valence-electron chi connectivity index (χ1n) is 9.23. The van der Waals surface area contributed by atoms with Crippen molar-refractivity contribution < 1.29 is 14.6 Å². The van der Waals surface area contributed by atoms with Gasteiger partial charge >= 0.3 is 0 Å². The molecule has 0 amide bonds. The molecule has 3 heteroatoms. The van der Waals surface area contributed by atoms with Gasteiger partial charge in [-0.05, 0) is 18.4 Å². The van der Waals surface area contributed by atoms with Crippen molar-refractivity contribution in [1.29, 1.82) is 0 Å². The Kier molecular flexibility index (Phi) is 8.07. The van der Waals surface area contributed by atoms with Gasteiger partial charge in [0.05, 0.1) is 31.0 Å². The summed E-state index contributed by atoms with van der Waals surface area (Å²) < 4.78 is 12.3. The summed E-state index contributed by atoms with van der Waals surface area (Å²) >= 11 is 0. The summed E-state index contributed by atoms with van der Waals surface area (Å²) in [5.41, 5.74) is 1.19. The van der Waals surface area contributed by atoms with Gasteiger partial charge in [0.25, 0.3) is 0 Å². The lowest BCUT2D eigenvalue weighted by Gasteiger charge is -2.24. The Hall–Kier alpha value is -0.900. The largest absolute Gasteiger partial charge is 0.390 e. The van der Waals surface area contributed by atoms with Gasteiger partial charge in [-0.15, -0.1) is 0 Å². The molecule has 130 valence electrons. The van der Waals surface area contributed by atoms with E-state index in [0.717, 1.165) is 25.7 Å². The van der Waals surface area contributed by atoms with Crippen LogP contribution >= 0.6 is 0 Å². The molecule has 1 aliphatic heterocycles. The number of hydrogen-bond acceptors (Lipinski definition) is 3. The van der Waals surface area contributed by atoms with Crippen LogP contribution in [-0.2, 0) is 16.1 Å². The van der Waals surface area contributed by atoms with Crippen LogP contribution < -0.4 is 0 Å². The van der Waals surface area contributed by atoms with Gasteiger partial charge in [-0.25, -0.2) is 0 Å². The molecule has 1 aliphatic rings. The van der Waals surface area contributed by atoms with Crippen LogP contribution in [0, 0.1) is 0 Å². The van der Waals surface area contributed by atoms with Crippen molar-refractivity contribution in [2.75, 3.05) is 0 Å². The molecular weight excluding hydrogens is 288 g/mol. The minimum absolute atomic E-state index is 0.0148. The van der Waals surface area contributed by atoms with E-state index in [0.29, 0.717) is 13.0 Å². The van der Waals surface area contributed by atoms with Crippen LogP contribution in [0.4, 0.5) is 0 Å². The van der Waals surface area contributed by atoms with E-state index in [-0.39, 0.29) is 24.4 Å². The smallest absolute Gasteiger partial charge is 0.0867 e. The number of aliphatic hydroxyl groups excluding tert-OH is 1. The fraction of sp³-hybridized carbons (Fsp3) is 0.700. The summed E-state index contributed by atoms with van der Waals surface area (Å²) in [6.07, 6.45) is 7.03. The van der Waals surface area contributed by atoms with Crippen LogP contribution in [-0.4, -0.2) is 29.5 Å². The lowest BCUT2D eigenvalue weighted by atomic mass is 10.0. The van der Waals surface area contributed by atoms with E-state index in [4.69, 9.17) is 9.47 Å². The predicted molar refractivity (Wildman–Crippen MR) is 93.4 cm³/mol. The summed E-state index contributed by atoms with van der Waals surface area (Å²) in [6.45, 7) is 4.97. The summed E-state index contributed by atoms with van der Waals surface area (Å²) in [7, 11) is 0. The van der Waals surface area contributed by atoms with E-state index in [2.05, 4.69) is 26.0 Å². The zero-order valence-electron chi connectivity index (χ0n) is 14.6. The third-order valence-corrected chi connectivity index (χ3v) is 4.64. The molecule has 0 unspecified atom stereocenters. The lowest BCUT2D eigenvalue weighted by Crippen LogP contribution is -2.29. The number of hydrogen-bond donors (Lipinski definition) is 1. The van der Waals surface area contributed by atoms with Gasteiger partial charge in [0.2, 0.25) is 0 Å². The van der Waals surface area contributed by atoms with Crippen LogP contribution in [0.2, 0.25) is 0 Å². The monoisotopic (exact) mass is 320 g/mol. The van der Waals surface area contributed by atoms with Crippen molar-refractivity contribution in [3.05, 3.63) is 35.9 Å². The van der Waals surface area contributed by atoms with E-state index in [9.17, 15) is 5.11 Å². The molecule has 0 aromatic heterocycles. The second-order valence-electron chi connectivity index (χ2n) is 6.64. The van der Waals surface area contributed by atoms with E-state index >= 15 is 0 Å². The first kappa shape index (κ1) is 18.4. The highest BCUT2D eigenvalue weighted by Gasteiger charge is 2.37. The molecular formula is C20H32O3. The predicted octanol–water partition coefficient (Wildman–Crippen LogP) is 4.47. The van der Waals surface area contributed by atoms with E-state index in [1.165, 1.54) is 18.4 Å². The maximum absolute atomic E-state index is 10.2. The zero-order valence-corrected chi connectivity index (χ0v) is 14.6. The van der Waals surface area contributed by atoms with Crippen molar-refractivity contribution >= 4 is 0 Å². The Balaban J connectivity index is 1.91. The first-order valence-corrected chi connectivity index (χ1v) is 9.23. The molecule has 1 aromatic rings. The van der Waals surface area contributed by atoms with Gasteiger partial charge in [-0.3, -0.25) is 0 Å². The number of rotatable bonds is 10. The minimum atomic E-state index is -0.339. The molecule has 0 spiro atoms. The van der Waals surface area contributed by atoms with Crippen molar-refractivity contribution in [3.8, 4) is 0 Å². The number of aliphatic hydroxyl groups is 1. The fourth-order valence-corrected chi connectivity index (χ4v) is 3.29. The first-order chi connectivity index (χ1) is 11.2. The average molecular weight is 320 g/mol. The summed E-state index contributed by atoms with van der Waals surface area (Å²) in [5, 5.41) is 10.2. The molecule has 0 bridgehead atoms. The molecule has 2 rings (SSSR count). The number of benzene rings is 1. The van der Waals surface area contributed by atoms with Crippen molar-refractivity contribution in [2.45, 2.75) is 89.8 Å². The third kappa shape index (κ3) is 5.91. The summed E-state index contributed by atoms with van der Waals surface area (Å²) in [4.78, 5) is 0. The highest BCUT2D eigenvalue weighted by molar-refractivity contribution is 5.13. The standard InChI is InChI=1S/C20H32O3/c1-3-5-7-13-19(22-15-16-11-8-6-9-12-16)20-14-17(21)18(23-20)10-4-2/h6,8-9,11-12,17-21H,3-5,7,10,13-15H2,1-2H3/t17-,18+,19-,20-/m1/s1. The fourth-order valence-electron chi connectivity index (χ4n) is 3.29. The van der Waals surface area contributed by atoms with Gasteiger partial charge in [0, 0.05) is 6.42 Å². The Labute approximate surface area is 141 Å². The summed E-state index contributed by atoms with van der Waals surface area (Å²) in [5.74, 6) is 0. The van der Waals surface area contributed by atoms with Gasteiger partial charge in [0.1, 0.15) is 0 Å². The quantitative estimate of drug-likeness (QED) is 0.646. The Morgan fingerprint density at radius 2 is 1.96 bits per heavy atom. The molecule has 1 heterocycles. The van der Waals surface area contributed by atoms with Crippen LogP contribution in [0.25, 0.3) is 0 Å². The molecule has 1 saturated heterocycles. The van der Waals surface area contributed by atoms with Crippen LogP contribution in [0.3, 0.4) is 0 Å². The Morgan fingerprint density at radius 1 is 1.17 bits per heavy atom. The molecule has 0 saturated carbocycles. The molecule has 3 nitrogen and oxygen atoms in total. The highest BCUT2D eigenvalue weighted by Crippen LogP contribution is 2.29. The SMILES string of the molecule is CCCCC[C@@H](OCc1ccccc1)[C@H]1C[C@@H](O)[C@H](CCC)O1. The van der Waals surface area contributed by atoms with Crippen LogP contribution in [0.1, 0.15) is 64.4 Å². The molecule has 1 fully saturated rings. The van der Waals surface area contributed by atoms with E-state index in [1.54, 1.807) is 0 Å². The average Bonchev–Trinajstić information content (AvgIpc) is 2.93. The lowest BCUT2D eigenvalue weighted by molar-refractivity contribution is -0.0841. The van der Waals surface area contributed by atoms with Gasteiger partial charge in [-0.1, -0.05) is 69.9 Å². The molecule has 1 aromatic carbocycles. The molecule has 0 aliphatic carbocycles. The maximum Gasteiger partial charge on any atom is 0.0867 e. The zero-order chi connectivity index (χ0) is 16.5. The van der Waals surface area contributed by atoms with Gasteiger partial charge in [0.15, 0.2) is 0 Å². The van der Waals surface area contributed by atoms with E-state index < -0.39 is 0 Å². The maximum atomic E-state index is 10.2. The molecule has 0 radical (unpaired) electrons. The second-order valence-corrected chi connectivity index (χ2v) is 6.64. The number of ether oxygens (including phenoxy) is 2. The molecule has 4 atom stereocenters. The second kappa shape index (κ2) is 10.1. The summed E-state index contributed by atoms with van der Waals surface area (Å²) in [6, 6.07) is 10.3. The van der Waals surface area contributed by atoms with Crippen LogP contribution in [0.15, 0.2) is 30.3 Å². The third-order valence-electron chi connectivity index (χ3n) is 4.64. The van der Waals surface area contributed by atoms with Crippen molar-refractivity contribution in [3.63, 3.8) is 0 Å². The van der Waals surface area contributed by atoms with E-state index in [1.807, 2.05) is 18.2 Å². The van der Waals surface area contributed by atoms with Crippen molar-refractivity contribution in [2.24, 2.45) is 0 Å². The highest BCUT2D eigenvalue weighted by atomic mass is 16.6. The van der Waals surface area contributed by atoms with Gasteiger partial charge in [-0.2, -0.15) is 0 Å². The molecule has 23 heavy (non-hydrogen) atoms. The topological polar surface area (TPSA) is 38.7 Å². The van der Waals surface area contributed by atoms with Gasteiger partial charge < -0.3 is 14.6 Å².